The van der Waals surface area contributed by atoms with Gasteiger partial charge in [-0.05, 0) is 98.8 Å². The van der Waals surface area contributed by atoms with Crippen LogP contribution in [-0.2, 0) is 31.6 Å². The first kappa shape index (κ1) is 32.1. The summed E-state index contributed by atoms with van der Waals surface area (Å²) in [5, 5.41) is 20.1. The van der Waals surface area contributed by atoms with Crippen molar-refractivity contribution in [1.82, 2.24) is 4.90 Å². The molecule has 1 saturated heterocycles. The molecule has 0 amide bonds. The highest BCUT2D eigenvalue weighted by Gasteiger charge is 2.44. The van der Waals surface area contributed by atoms with Crippen molar-refractivity contribution in [1.29, 1.82) is 0 Å². The maximum atomic E-state index is 11.8. The van der Waals surface area contributed by atoms with E-state index in [2.05, 4.69) is 93.3 Å². The number of benzene rings is 1. The van der Waals surface area contributed by atoms with Crippen molar-refractivity contribution in [2.45, 2.75) is 124 Å². The van der Waals surface area contributed by atoms with E-state index >= 15 is 0 Å². The molecule has 4 unspecified atom stereocenters. The fraction of sp³-hybridized carbons (Fsp3) is 0.750. The third kappa shape index (κ3) is 7.97. The highest BCUT2D eigenvalue weighted by atomic mass is 16.5. The summed E-state index contributed by atoms with van der Waals surface area (Å²) in [6, 6.07) is 4.83. The number of likely N-dealkylation sites (tertiary alicyclic amines) is 1. The van der Waals surface area contributed by atoms with Crippen LogP contribution in [0.4, 0.5) is 0 Å². The van der Waals surface area contributed by atoms with Gasteiger partial charge < -0.3 is 14.9 Å². The summed E-state index contributed by atoms with van der Waals surface area (Å²) < 4.78 is 5.23. The summed E-state index contributed by atoms with van der Waals surface area (Å²) in [6.45, 7) is 22.4. The Morgan fingerprint density at radius 1 is 1.08 bits per heavy atom. The van der Waals surface area contributed by atoms with Crippen LogP contribution >= 0.6 is 0 Å². The molecule has 1 aromatic carbocycles. The smallest absolute Gasteiger partial charge is 0.317 e. The standard InChI is InChI=1S/C32H53NO5/c1-20-21(2)33(11)32(9,10)19-24(20)23(13-12-14-38-28(36)18-27(34)35)15-22-16-25(30(3,4)5)29(37)26(17-22)31(6,7)8/h16-17,20-21,23-24,37H,12-15,18-19H2,1-11H3,(H,34,35). The van der Waals surface area contributed by atoms with Gasteiger partial charge in [-0.1, -0.05) is 60.6 Å². The first-order valence-electron chi connectivity index (χ1n) is 14.2. The summed E-state index contributed by atoms with van der Waals surface area (Å²) in [5.41, 5.74) is 2.89. The van der Waals surface area contributed by atoms with E-state index in [-0.39, 0.29) is 23.0 Å². The van der Waals surface area contributed by atoms with Crippen molar-refractivity contribution in [2.24, 2.45) is 17.8 Å². The SMILES string of the molecule is CC1C(C(CCCOC(=O)CC(=O)O)Cc2cc(C(C)(C)C)c(O)c(C(C)(C)C)c2)CC(C)(C)N(C)C1C. The van der Waals surface area contributed by atoms with E-state index in [0.29, 0.717) is 36.0 Å². The number of carbonyl (C=O) groups is 2. The zero-order chi connectivity index (χ0) is 29.2. The second-order valence-corrected chi connectivity index (χ2v) is 14.3. The van der Waals surface area contributed by atoms with Crippen LogP contribution in [0, 0.1) is 17.8 Å². The molecule has 1 heterocycles. The van der Waals surface area contributed by atoms with Crippen LogP contribution in [0.1, 0.15) is 112 Å². The van der Waals surface area contributed by atoms with E-state index in [1.54, 1.807) is 0 Å². The lowest BCUT2D eigenvalue weighted by Crippen LogP contribution is -2.57. The Bertz CT molecular complexity index is 950. The van der Waals surface area contributed by atoms with Crippen LogP contribution < -0.4 is 0 Å². The Kier molecular flexibility index (Phi) is 10.1. The predicted octanol–water partition coefficient (Wildman–Crippen LogP) is 6.70. The molecule has 0 aromatic heterocycles. The monoisotopic (exact) mass is 531 g/mol. The molecule has 0 bridgehead atoms. The lowest BCUT2D eigenvalue weighted by atomic mass is 9.65. The van der Waals surface area contributed by atoms with E-state index < -0.39 is 18.4 Å². The Labute approximate surface area is 231 Å². The quantitative estimate of drug-likeness (QED) is 0.209. The highest BCUT2D eigenvalue weighted by molar-refractivity contribution is 5.90. The number of nitrogens with zero attached hydrogens (tertiary/aromatic N) is 1. The van der Waals surface area contributed by atoms with Gasteiger partial charge in [0, 0.05) is 11.6 Å². The summed E-state index contributed by atoms with van der Waals surface area (Å²) in [5.74, 6) is -0.105. The summed E-state index contributed by atoms with van der Waals surface area (Å²) >= 11 is 0. The lowest BCUT2D eigenvalue weighted by molar-refractivity contribution is -0.151. The molecule has 0 spiro atoms. The summed E-state index contributed by atoms with van der Waals surface area (Å²) in [6.07, 6.45) is 2.95. The molecule has 2 rings (SSSR count). The Balaban J connectivity index is 2.42. The number of phenolic OH excluding ortho intramolecular Hbond substituents is 1. The van der Waals surface area contributed by atoms with Gasteiger partial charge in [-0.3, -0.25) is 14.5 Å². The number of esters is 1. The van der Waals surface area contributed by atoms with Crippen molar-refractivity contribution in [3.8, 4) is 5.75 Å². The second kappa shape index (κ2) is 12.0. The molecular formula is C32H53NO5. The number of carboxylic acid groups (broad SMARTS) is 1. The Morgan fingerprint density at radius 3 is 2.08 bits per heavy atom. The van der Waals surface area contributed by atoms with Crippen molar-refractivity contribution in [3.05, 3.63) is 28.8 Å². The molecule has 1 fully saturated rings. The first-order valence-corrected chi connectivity index (χ1v) is 14.2. The molecule has 4 atom stereocenters. The number of carboxylic acids is 1. The van der Waals surface area contributed by atoms with E-state index in [4.69, 9.17) is 9.84 Å². The van der Waals surface area contributed by atoms with E-state index in [9.17, 15) is 14.7 Å². The molecule has 6 heteroatoms. The van der Waals surface area contributed by atoms with Crippen LogP contribution in [0.15, 0.2) is 12.1 Å². The maximum absolute atomic E-state index is 11.8. The number of piperidine rings is 1. The van der Waals surface area contributed by atoms with Crippen LogP contribution in [0.5, 0.6) is 5.75 Å². The van der Waals surface area contributed by atoms with E-state index in [0.717, 1.165) is 30.4 Å². The topological polar surface area (TPSA) is 87.1 Å². The summed E-state index contributed by atoms with van der Waals surface area (Å²) in [4.78, 5) is 25.1. The minimum Gasteiger partial charge on any atom is -0.507 e. The Morgan fingerprint density at radius 2 is 1.61 bits per heavy atom. The number of phenols is 1. The molecule has 0 radical (unpaired) electrons. The van der Waals surface area contributed by atoms with Crippen molar-refractivity contribution in [2.75, 3.05) is 13.7 Å². The zero-order valence-electron chi connectivity index (χ0n) is 25.8. The molecular weight excluding hydrogens is 478 g/mol. The maximum Gasteiger partial charge on any atom is 0.317 e. The van der Waals surface area contributed by atoms with Gasteiger partial charge in [-0.25, -0.2) is 0 Å². The van der Waals surface area contributed by atoms with Gasteiger partial charge >= 0.3 is 11.9 Å². The van der Waals surface area contributed by atoms with Crippen molar-refractivity contribution >= 4 is 11.9 Å². The zero-order valence-corrected chi connectivity index (χ0v) is 25.8. The fourth-order valence-corrected chi connectivity index (χ4v) is 6.20. The van der Waals surface area contributed by atoms with E-state index in [1.807, 2.05) is 0 Å². The molecule has 0 aliphatic carbocycles. The molecule has 1 aliphatic heterocycles. The molecule has 6 nitrogen and oxygen atoms in total. The van der Waals surface area contributed by atoms with Crippen LogP contribution in [-0.4, -0.2) is 52.3 Å². The third-order valence-electron chi connectivity index (χ3n) is 8.90. The van der Waals surface area contributed by atoms with Gasteiger partial charge in [0.1, 0.15) is 12.2 Å². The number of hydrogen-bond donors (Lipinski definition) is 2. The molecule has 2 N–H and O–H groups in total. The Hall–Kier alpha value is -2.08. The first-order chi connectivity index (χ1) is 17.3. The largest absolute Gasteiger partial charge is 0.507 e. The molecule has 1 aliphatic rings. The fourth-order valence-electron chi connectivity index (χ4n) is 6.20. The number of carbonyl (C=O) groups excluding carboxylic acids is 1. The van der Waals surface area contributed by atoms with Gasteiger partial charge in [-0.2, -0.15) is 0 Å². The average Bonchev–Trinajstić information content (AvgIpc) is 2.76. The number of aromatic hydroxyl groups is 1. The number of hydrogen-bond acceptors (Lipinski definition) is 5. The predicted molar refractivity (Wildman–Crippen MR) is 154 cm³/mol. The van der Waals surface area contributed by atoms with Gasteiger partial charge in [-0.15, -0.1) is 0 Å². The number of rotatable bonds is 9. The van der Waals surface area contributed by atoms with Crippen LogP contribution in [0.25, 0.3) is 0 Å². The van der Waals surface area contributed by atoms with Gasteiger partial charge in [0.25, 0.3) is 0 Å². The van der Waals surface area contributed by atoms with E-state index in [1.165, 1.54) is 5.56 Å². The molecule has 1 aromatic rings. The third-order valence-corrected chi connectivity index (χ3v) is 8.90. The van der Waals surface area contributed by atoms with Gasteiger partial charge in [0.15, 0.2) is 0 Å². The molecule has 216 valence electrons. The van der Waals surface area contributed by atoms with Gasteiger partial charge in [0.05, 0.1) is 6.61 Å². The van der Waals surface area contributed by atoms with Crippen LogP contribution in [0.3, 0.4) is 0 Å². The second-order valence-electron chi connectivity index (χ2n) is 14.3. The molecule has 0 saturated carbocycles. The highest BCUT2D eigenvalue weighted by Crippen LogP contribution is 2.45. The summed E-state index contributed by atoms with van der Waals surface area (Å²) in [7, 11) is 2.22. The lowest BCUT2D eigenvalue weighted by Gasteiger charge is -2.53. The minimum atomic E-state index is -1.17. The number of aliphatic carboxylic acids is 1. The van der Waals surface area contributed by atoms with Crippen molar-refractivity contribution < 1.29 is 24.5 Å². The average molecular weight is 532 g/mol. The van der Waals surface area contributed by atoms with Gasteiger partial charge in [0.2, 0.25) is 0 Å². The van der Waals surface area contributed by atoms with Crippen LogP contribution in [0.2, 0.25) is 0 Å². The van der Waals surface area contributed by atoms with Crippen molar-refractivity contribution in [3.63, 3.8) is 0 Å². The number of ether oxygens (including phenoxy) is 1. The minimum absolute atomic E-state index is 0.0743. The normalized spacial score (nSPS) is 23.2. The molecule has 38 heavy (non-hydrogen) atoms.